The number of rotatable bonds is 8. The molecule has 3 heterocycles. The van der Waals surface area contributed by atoms with Gasteiger partial charge in [0, 0.05) is 0 Å². The molecular formula is C10H13N6Na4O13P3. The molecule has 1 aliphatic rings. The molecular weight excluding hydrogens is 597 g/mol. The normalized spacial score (nSPS) is 24.8. The number of nitrogen functional groups attached to an aromatic ring is 2. The van der Waals surface area contributed by atoms with Crippen molar-refractivity contribution in [2.24, 2.45) is 0 Å². The molecule has 2 unspecified atom stereocenters. The average Bonchev–Trinajstić information content (AvgIpc) is 3.08. The predicted octanol–water partition coefficient (Wildman–Crippen LogP) is -16.6. The van der Waals surface area contributed by atoms with Gasteiger partial charge in [-0.25, -0.2) is 19.3 Å². The van der Waals surface area contributed by atoms with Gasteiger partial charge in [-0.2, -0.15) is 0 Å². The standard InChI is InChI=1S/C10H17N6O13P3.4Na/c11-7-4-8(14-2-13-7)16(10(12)15-4)9-6(18)5(17)3(27-9)1-26-31(22,23)29-32(24,25)28-30(19,20)21;;;;/h2-3,5-6,9,17-18H,1H2,(H2,12,15)(H,22,23)(H,24,25)(H2,11,13,14)(H2,19,20,21);;;;/q;4*+1/p-4/t3-,5-,6-,9-;;;;/m1..../s1. The first-order valence-electron chi connectivity index (χ1n) is 8.07. The second kappa shape index (κ2) is 15.6. The summed E-state index contributed by atoms with van der Waals surface area (Å²) < 4.78 is 50.1. The third kappa shape index (κ3) is 10.4. The number of aliphatic hydroxyl groups excluding tert-OH is 2. The largest absolute Gasteiger partial charge is 1.00 e. The summed E-state index contributed by atoms with van der Waals surface area (Å²) in [5.74, 6) is -0.310. The van der Waals surface area contributed by atoms with Gasteiger partial charge in [-0.05, 0) is 0 Å². The molecule has 6 atom stereocenters. The smallest absolute Gasteiger partial charge is 0.790 e. The second-order valence-electron chi connectivity index (χ2n) is 6.12. The van der Waals surface area contributed by atoms with Gasteiger partial charge in [-0.15, -0.1) is 0 Å². The Hall–Kier alpha value is 2.44. The van der Waals surface area contributed by atoms with Crippen LogP contribution >= 0.6 is 23.5 Å². The summed E-state index contributed by atoms with van der Waals surface area (Å²) in [6.45, 7) is -1.12. The summed E-state index contributed by atoms with van der Waals surface area (Å²) in [6.07, 6.45) is -5.54. The molecule has 1 fully saturated rings. The van der Waals surface area contributed by atoms with Crippen LogP contribution in [0.3, 0.4) is 0 Å². The number of imidazole rings is 1. The first-order valence-corrected chi connectivity index (χ1v) is 12.5. The van der Waals surface area contributed by atoms with Crippen molar-refractivity contribution in [3.05, 3.63) is 6.33 Å². The number of nitrogens with zero attached hydrogens (tertiary/aromatic N) is 4. The molecule has 0 aromatic carbocycles. The minimum absolute atomic E-state index is 0. The van der Waals surface area contributed by atoms with Gasteiger partial charge in [0.05, 0.1) is 14.4 Å². The first kappa shape index (κ1) is 40.6. The molecule has 0 amide bonds. The van der Waals surface area contributed by atoms with E-state index in [0.29, 0.717) is 0 Å². The molecule has 180 valence electrons. The van der Waals surface area contributed by atoms with Crippen LogP contribution in [0.2, 0.25) is 0 Å². The van der Waals surface area contributed by atoms with Crippen molar-refractivity contribution in [1.29, 1.82) is 0 Å². The van der Waals surface area contributed by atoms with E-state index in [4.69, 9.17) is 16.2 Å². The molecule has 2 aromatic rings. The van der Waals surface area contributed by atoms with E-state index >= 15 is 0 Å². The maximum atomic E-state index is 11.6. The van der Waals surface area contributed by atoms with Crippen LogP contribution in [-0.2, 0) is 31.6 Å². The number of phosphoric ester groups is 1. The van der Waals surface area contributed by atoms with E-state index in [0.717, 1.165) is 10.9 Å². The topological polar surface area (TPSA) is 316 Å². The summed E-state index contributed by atoms with van der Waals surface area (Å²) >= 11 is 0. The average molecular weight is 610 g/mol. The Morgan fingerprint density at radius 3 is 2.11 bits per heavy atom. The van der Waals surface area contributed by atoms with Crippen LogP contribution in [0.15, 0.2) is 6.33 Å². The summed E-state index contributed by atoms with van der Waals surface area (Å²) in [5.41, 5.74) is 11.5. The Balaban J connectivity index is 0. The van der Waals surface area contributed by atoms with E-state index in [1.165, 1.54) is 0 Å². The number of anilines is 2. The molecule has 1 saturated heterocycles. The molecule has 19 nitrogen and oxygen atoms in total. The third-order valence-electron chi connectivity index (χ3n) is 3.92. The van der Waals surface area contributed by atoms with Crippen molar-refractivity contribution in [3.8, 4) is 0 Å². The van der Waals surface area contributed by atoms with E-state index in [1.54, 1.807) is 0 Å². The van der Waals surface area contributed by atoms with Gasteiger partial charge >= 0.3 is 118 Å². The van der Waals surface area contributed by atoms with Gasteiger partial charge in [-0.1, -0.05) is 0 Å². The molecule has 3 rings (SSSR count). The number of ether oxygens (including phenoxy) is 1. The molecule has 0 radical (unpaired) electrons. The molecule has 2 aromatic heterocycles. The van der Waals surface area contributed by atoms with Crippen molar-refractivity contribution >= 4 is 46.4 Å². The maximum absolute atomic E-state index is 11.6. The molecule has 36 heavy (non-hydrogen) atoms. The number of fused-ring (bicyclic) bond motifs is 1. The minimum Gasteiger partial charge on any atom is -0.790 e. The number of aliphatic hydroxyl groups is 2. The quantitative estimate of drug-likeness (QED) is 0.159. The summed E-state index contributed by atoms with van der Waals surface area (Å²) in [5, 5.41) is 20.4. The van der Waals surface area contributed by atoms with Crippen LogP contribution in [0.25, 0.3) is 11.2 Å². The van der Waals surface area contributed by atoms with E-state index in [2.05, 4.69) is 28.1 Å². The number of nitrogens with two attached hydrogens (primary N) is 2. The fourth-order valence-electron chi connectivity index (χ4n) is 2.72. The van der Waals surface area contributed by atoms with E-state index < -0.39 is 54.6 Å². The van der Waals surface area contributed by atoms with Gasteiger partial charge in [0.25, 0.3) is 15.6 Å². The van der Waals surface area contributed by atoms with Crippen LogP contribution in [0.1, 0.15) is 6.23 Å². The Labute approximate surface area is 290 Å². The molecule has 6 N–H and O–H groups in total. The van der Waals surface area contributed by atoms with Gasteiger partial charge in [0.2, 0.25) is 5.95 Å². The third-order valence-corrected chi connectivity index (χ3v) is 7.59. The van der Waals surface area contributed by atoms with Crippen LogP contribution in [0.5, 0.6) is 0 Å². The predicted molar refractivity (Wildman–Crippen MR) is 91.0 cm³/mol. The van der Waals surface area contributed by atoms with E-state index in [-0.39, 0.29) is 141 Å². The van der Waals surface area contributed by atoms with Crippen LogP contribution in [-0.4, -0.2) is 54.7 Å². The molecule has 0 spiro atoms. The van der Waals surface area contributed by atoms with E-state index in [1.807, 2.05) is 0 Å². The minimum atomic E-state index is -6.16. The number of hydrogen-bond acceptors (Lipinski definition) is 18. The molecule has 26 heteroatoms. The molecule has 0 bridgehead atoms. The van der Waals surface area contributed by atoms with Crippen LogP contribution in [0, 0.1) is 0 Å². The van der Waals surface area contributed by atoms with Gasteiger partial charge in [0.15, 0.2) is 23.2 Å². The van der Waals surface area contributed by atoms with Crippen LogP contribution < -0.4 is 149 Å². The Morgan fingerprint density at radius 1 is 0.972 bits per heavy atom. The molecule has 1 aliphatic heterocycles. The summed E-state index contributed by atoms with van der Waals surface area (Å²) in [6, 6.07) is 0. The Morgan fingerprint density at radius 2 is 1.56 bits per heavy atom. The fraction of sp³-hybridized carbons (Fsp3) is 0.500. The number of aromatic nitrogens is 4. The van der Waals surface area contributed by atoms with Gasteiger partial charge < -0.3 is 55.1 Å². The molecule has 0 aliphatic carbocycles. The number of phosphoric acid groups is 3. The Kier molecular flexibility index (Phi) is 17.6. The molecule has 0 saturated carbocycles. The van der Waals surface area contributed by atoms with Gasteiger partial charge in [-0.3, -0.25) is 18.0 Å². The zero-order valence-electron chi connectivity index (χ0n) is 19.3. The van der Waals surface area contributed by atoms with Crippen molar-refractivity contribution < 1.29 is 180 Å². The fourth-order valence-corrected chi connectivity index (χ4v) is 5.59. The van der Waals surface area contributed by atoms with Crippen molar-refractivity contribution in [1.82, 2.24) is 19.5 Å². The van der Waals surface area contributed by atoms with E-state index in [9.17, 15) is 43.5 Å². The van der Waals surface area contributed by atoms with Crippen LogP contribution in [0.4, 0.5) is 11.8 Å². The monoisotopic (exact) mass is 610 g/mol. The maximum Gasteiger partial charge on any atom is 1.00 e. The van der Waals surface area contributed by atoms with Crippen molar-refractivity contribution in [2.45, 2.75) is 24.5 Å². The zero-order chi connectivity index (χ0) is 24.1. The summed E-state index contributed by atoms with van der Waals surface area (Å²) in [7, 11) is -18.1. The van der Waals surface area contributed by atoms with Crippen molar-refractivity contribution in [2.75, 3.05) is 18.1 Å². The Bertz CT molecular complexity index is 1170. The van der Waals surface area contributed by atoms with Crippen molar-refractivity contribution in [3.63, 3.8) is 0 Å². The number of hydrogen-bond donors (Lipinski definition) is 4. The second-order valence-corrected chi connectivity index (χ2v) is 10.4. The zero-order valence-corrected chi connectivity index (χ0v) is 29.9. The SMILES string of the molecule is Nc1ncnc2c1nc(N)n2[C@@H]1O[C@H](COP(=O)([O-])OP(=O)([O-])OP(=O)([O-])[O-])[C@@H](O)[C@H]1O.[Na+].[Na+].[Na+].[Na+]. The van der Waals surface area contributed by atoms with Gasteiger partial charge in [0.1, 0.15) is 24.6 Å². The first-order chi connectivity index (χ1) is 14.6. The summed E-state index contributed by atoms with van der Waals surface area (Å²) in [4.78, 5) is 55.0.